The zero-order valence-electron chi connectivity index (χ0n) is 13.7. The molecule has 0 fully saturated rings. The maximum atomic E-state index is 12.5. The molecule has 0 aliphatic heterocycles. The normalized spacial score (nSPS) is 12.7. The molecule has 0 spiro atoms. The molecule has 0 radical (unpaired) electrons. The highest BCUT2D eigenvalue weighted by Gasteiger charge is 2.15. The maximum Gasteiger partial charge on any atom is 0.255 e. The highest BCUT2D eigenvalue weighted by atomic mass is 16.5. The lowest BCUT2D eigenvalue weighted by Crippen LogP contribution is -2.13. The molecule has 0 unspecified atom stereocenters. The smallest absolute Gasteiger partial charge is 0.255 e. The average Bonchev–Trinajstić information content (AvgIpc) is 3.02. The SMILES string of the molecule is COc1cc(C(=O)Nc2ccc3c(c2)CCC3)cc(OC)c1C. The zero-order valence-corrected chi connectivity index (χ0v) is 13.7. The Hall–Kier alpha value is -2.49. The van der Waals surface area contributed by atoms with Crippen LogP contribution >= 0.6 is 0 Å². The first-order chi connectivity index (χ1) is 11.1. The monoisotopic (exact) mass is 311 g/mol. The van der Waals surface area contributed by atoms with Gasteiger partial charge >= 0.3 is 0 Å². The third-order valence-corrected chi connectivity index (χ3v) is 4.37. The van der Waals surface area contributed by atoms with E-state index in [-0.39, 0.29) is 5.91 Å². The molecule has 0 atom stereocenters. The van der Waals surface area contributed by atoms with Gasteiger partial charge in [-0.25, -0.2) is 0 Å². The highest BCUT2D eigenvalue weighted by molar-refractivity contribution is 6.05. The van der Waals surface area contributed by atoms with Crippen molar-refractivity contribution in [3.8, 4) is 11.5 Å². The highest BCUT2D eigenvalue weighted by Crippen LogP contribution is 2.30. The number of rotatable bonds is 4. The number of ether oxygens (including phenoxy) is 2. The van der Waals surface area contributed by atoms with Gasteiger partial charge in [-0.3, -0.25) is 4.79 Å². The van der Waals surface area contributed by atoms with E-state index in [4.69, 9.17) is 9.47 Å². The van der Waals surface area contributed by atoms with Crippen LogP contribution in [0.15, 0.2) is 30.3 Å². The molecule has 0 heterocycles. The van der Waals surface area contributed by atoms with Crippen LogP contribution < -0.4 is 14.8 Å². The van der Waals surface area contributed by atoms with Crippen LogP contribution in [-0.4, -0.2) is 20.1 Å². The molecular formula is C19H21NO3. The summed E-state index contributed by atoms with van der Waals surface area (Å²) in [5.41, 5.74) is 4.95. The molecule has 0 aromatic heterocycles. The van der Waals surface area contributed by atoms with E-state index in [0.29, 0.717) is 17.1 Å². The second-order valence-electron chi connectivity index (χ2n) is 5.80. The summed E-state index contributed by atoms with van der Waals surface area (Å²) < 4.78 is 10.7. The molecular weight excluding hydrogens is 290 g/mol. The van der Waals surface area contributed by atoms with E-state index in [0.717, 1.165) is 24.1 Å². The maximum absolute atomic E-state index is 12.5. The van der Waals surface area contributed by atoms with E-state index in [1.807, 2.05) is 13.0 Å². The van der Waals surface area contributed by atoms with E-state index in [9.17, 15) is 4.79 Å². The van der Waals surface area contributed by atoms with Gasteiger partial charge in [0.25, 0.3) is 5.91 Å². The molecule has 1 aliphatic carbocycles. The fourth-order valence-electron chi connectivity index (χ4n) is 3.07. The number of carbonyl (C=O) groups is 1. The Balaban J connectivity index is 1.86. The summed E-state index contributed by atoms with van der Waals surface area (Å²) in [4.78, 5) is 12.5. The third-order valence-electron chi connectivity index (χ3n) is 4.37. The Morgan fingerprint density at radius 2 is 1.65 bits per heavy atom. The van der Waals surface area contributed by atoms with Crippen LogP contribution in [0.5, 0.6) is 11.5 Å². The van der Waals surface area contributed by atoms with Crippen LogP contribution in [0.25, 0.3) is 0 Å². The topological polar surface area (TPSA) is 47.6 Å². The fraction of sp³-hybridized carbons (Fsp3) is 0.316. The van der Waals surface area contributed by atoms with Gasteiger partial charge in [0.2, 0.25) is 0 Å². The van der Waals surface area contributed by atoms with E-state index in [2.05, 4.69) is 17.4 Å². The molecule has 0 saturated carbocycles. The summed E-state index contributed by atoms with van der Waals surface area (Å²) in [6, 6.07) is 9.61. The number of methoxy groups -OCH3 is 2. The minimum Gasteiger partial charge on any atom is -0.496 e. The van der Waals surface area contributed by atoms with Crippen LogP contribution in [0.3, 0.4) is 0 Å². The van der Waals surface area contributed by atoms with Crippen LogP contribution in [0, 0.1) is 6.92 Å². The summed E-state index contributed by atoms with van der Waals surface area (Å²) >= 11 is 0. The van der Waals surface area contributed by atoms with Crippen molar-refractivity contribution in [3.05, 3.63) is 52.6 Å². The van der Waals surface area contributed by atoms with Crippen molar-refractivity contribution in [2.75, 3.05) is 19.5 Å². The third kappa shape index (κ3) is 3.02. The molecule has 4 heteroatoms. The van der Waals surface area contributed by atoms with Crippen LogP contribution in [0.2, 0.25) is 0 Å². The molecule has 1 N–H and O–H groups in total. The molecule has 3 rings (SSSR count). The van der Waals surface area contributed by atoms with Crippen LogP contribution in [-0.2, 0) is 12.8 Å². The molecule has 4 nitrogen and oxygen atoms in total. The Kier molecular flexibility index (Phi) is 4.24. The molecule has 2 aromatic carbocycles. The van der Waals surface area contributed by atoms with Crippen LogP contribution in [0.1, 0.15) is 33.5 Å². The number of carbonyl (C=O) groups excluding carboxylic acids is 1. The largest absolute Gasteiger partial charge is 0.496 e. The Morgan fingerprint density at radius 3 is 2.30 bits per heavy atom. The minimum absolute atomic E-state index is 0.167. The molecule has 2 aromatic rings. The van der Waals surface area contributed by atoms with Gasteiger partial charge in [0.1, 0.15) is 11.5 Å². The number of amides is 1. The van der Waals surface area contributed by atoms with Gasteiger partial charge in [0.05, 0.1) is 14.2 Å². The number of aryl methyl sites for hydroxylation is 2. The second kappa shape index (κ2) is 6.32. The van der Waals surface area contributed by atoms with Crippen molar-refractivity contribution in [3.63, 3.8) is 0 Å². The second-order valence-corrected chi connectivity index (χ2v) is 5.80. The predicted octanol–water partition coefficient (Wildman–Crippen LogP) is 3.75. The Labute approximate surface area is 136 Å². The van der Waals surface area contributed by atoms with Gasteiger partial charge in [0.15, 0.2) is 0 Å². The van der Waals surface area contributed by atoms with Crippen molar-refractivity contribution < 1.29 is 14.3 Å². The average molecular weight is 311 g/mol. The molecule has 1 amide bonds. The summed E-state index contributed by atoms with van der Waals surface area (Å²) in [5, 5.41) is 2.96. The van der Waals surface area contributed by atoms with Gasteiger partial charge in [-0.15, -0.1) is 0 Å². The van der Waals surface area contributed by atoms with E-state index < -0.39 is 0 Å². The summed E-state index contributed by atoms with van der Waals surface area (Å²) in [6.45, 7) is 1.90. The quantitative estimate of drug-likeness (QED) is 0.935. The van der Waals surface area contributed by atoms with Gasteiger partial charge in [-0.1, -0.05) is 6.07 Å². The zero-order chi connectivity index (χ0) is 16.4. The summed E-state index contributed by atoms with van der Waals surface area (Å²) in [6.07, 6.45) is 3.42. The number of fused-ring (bicyclic) bond motifs is 1. The van der Waals surface area contributed by atoms with E-state index in [1.165, 1.54) is 17.5 Å². The lowest BCUT2D eigenvalue weighted by Gasteiger charge is -2.13. The Morgan fingerprint density at radius 1 is 1.00 bits per heavy atom. The van der Waals surface area contributed by atoms with Crippen LogP contribution in [0.4, 0.5) is 5.69 Å². The van der Waals surface area contributed by atoms with Crippen molar-refractivity contribution in [2.24, 2.45) is 0 Å². The standard InChI is InChI=1S/C19H21NO3/c1-12-17(22-2)10-15(11-18(12)23-3)19(21)20-16-8-7-13-5-4-6-14(13)9-16/h7-11H,4-6H2,1-3H3,(H,20,21). The number of nitrogens with one attached hydrogen (secondary N) is 1. The van der Waals surface area contributed by atoms with Gasteiger partial charge in [-0.2, -0.15) is 0 Å². The van der Waals surface area contributed by atoms with Gasteiger partial charge < -0.3 is 14.8 Å². The first kappa shape index (κ1) is 15.4. The van der Waals surface area contributed by atoms with Crippen molar-refractivity contribution >= 4 is 11.6 Å². The predicted molar refractivity (Wildman–Crippen MR) is 90.7 cm³/mol. The fourth-order valence-corrected chi connectivity index (χ4v) is 3.07. The molecule has 120 valence electrons. The lowest BCUT2D eigenvalue weighted by atomic mass is 10.1. The van der Waals surface area contributed by atoms with Crippen molar-refractivity contribution in [2.45, 2.75) is 26.2 Å². The molecule has 0 saturated heterocycles. The molecule has 23 heavy (non-hydrogen) atoms. The van der Waals surface area contributed by atoms with Crippen molar-refractivity contribution in [1.29, 1.82) is 0 Å². The minimum atomic E-state index is -0.167. The van der Waals surface area contributed by atoms with Crippen molar-refractivity contribution in [1.82, 2.24) is 0 Å². The number of anilines is 1. The van der Waals surface area contributed by atoms with Gasteiger partial charge in [-0.05, 0) is 61.6 Å². The molecule has 0 bridgehead atoms. The number of benzene rings is 2. The van der Waals surface area contributed by atoms with E-state index in [1.54, 1.807) is 26.4 Å². The number of hydrogen-bond acceptors (Lipinski definition) is 3. The number of hydrogen-bond donors (Lipinski definition) is 1. The van der Waals surface area contributed by atoms with E-state index >= 15 is 0 Å². The summed E-state index contributed by atoms with van der Waals surface area (Å²) in [7, 11) is 3.17. The molecule has 1 aliphatic rings. The van der Waals surface area contributed by atoms with Gasteiger partial charge in [0, 0.05) is 16.8 Å². The lowest BCUT2D eigenvalue weighted by molar-refractivity contribution is 0.102. The Bertz CT molecular complexity index is 727. The summed E-state index contributed by atoms with van der Waals surface area (Å²) in [5.74, 6) is 1.12. The first-order valence-electron chi connectivity index (χ1n) is 7.78. The first-order valence-corrected chi connectivity index (χ1v) is 7.78.